The van der Waals surface area contributed by atoms with Gasteiger partial charge >= 0.3 is 19.8 Å². The predicted molar refractivity (Wildman–Crippen MR) is 138 cm³/mol. The minimum Gasteiger partial charge on any atom is -0.437 e. The van der Waals surface area contributed by atoms with Crippen molar-refractivity contribution in [1.29, 1.82) is 0 Å². The molecule has 0 radical (unpaired) electrons. The zero-order valence-corrected chi connectivity index (χ0v) is 24.6. The summed E-state index contributed by atoms with van der Waals surface area (Å²) < 4.78 is 47.4. The zero-order chi connectivity index (χ0) is 28.5. The van der Waals surface area contributed by atoms with Crippen molar-refractivity contribution in [2.45, 2.75) is 65.5 Å². The van der Waals surface area contributed by atoms with Gasteiger partial charge in [-0.2, -0.15) is 0 Å². The first-order valence-electron chi connectivity index (χ1n) is 11.8. The highest BCUT2D eigenvalue weighted by Crippen LogP contribution is 2.51. The average molecular weight is 596 g/mol. The number of hydrogen-bond donors (Lipinski definition) is 3. The third-order valence-corrected chi connectivity index (χ3v) is 7.60. The standard InChI is InChI=1S/C22H34N3O10PS2/c1-20(2,3)17(27)30-11-33-36(29,34-12-31-18(28)21(4,5)6)32-9-13-15(26)22(10-23-22)16(35-13)25-8-7-14(37)24-19(25)38/h7-8,13,15-16,23,26H,9-12H2,1-6H3,(H,24,37,38)/t13-,15?,16?,22+/m1/s1. The second kappa shape index (κ2) is 11.5. The minimum atomic E-state index is -4.46. The summed E-state index contributed by atoms with van der Waals surface area (Å²) in [4.78, 5) is 27.0. The largest absolute Gasteiger partial charge is 0.480 e. The number of carbonyl (C=O) groups is 2. The number of aliphatic hydroxyl groups is 1. The van der Waals surface area contributed by atoms with Gasteiger partial charge in [0.15, 0.2) is 11.0 Å². The first kappa shape index (κ1) is 31.0. The average Bonchev–Trinajstić information content (AvgIpc) is 3.55. The summed E-state index contributed by atoms with van der Waals surface area (Å²) in [6.07, 6.45) is -1.13. The number of H-pyrrole nitrogens is 1. The van der Waals surface area contributed by atoms with Crippen molar-refractivity contribution in [3.63, 3.8) is 0 Å². The Kier molecular flexibility index (Phi) is 9.39. The SMILES string of the molecule is CC(C)(C)C(=O)OCOP(=O)(OCOC(=O)C(C)(C)C)OC[C@H]1OC(n2ccc(=S)[nH]c2=S)[C@]2(CN2)C1O. The number of aliphatic hydroxyl groups excluding tert-OH is 1. The van der Waals surface area contributed by atoms with Crippen LogP contribution in [-0.2, 0) is 41.9 Å². The number of nitrogens with zero attached hydrogens (tertiary/aromatic N) is 1. The van der Waals surface area contributed by atoms with Gasteiger partial charge in [0.25, 0.3) is 0 Å². The molecular weight excluding hydrogens is 561 g/mol. The summed E-state index contributed by atoms with van der Waals surface area (Å²) in [5.74, 6) is -1.22. The van der Waals surface area contributed by atoms with Crippen LogP contribution in [0.15, 0.2) is 12.3 Å². The van der Waals surface area contributed by atoms with Gasteiger partial charge in [0, 0.05) is 12.7 Å². The van der Waals surface area contributed by atoms with Gasteiger partial charge in [-0.05, 0) is 59.8 Å². The maximum Gasteiger partial charge on any atom is 0.480 e. The zero-order valence-electron chi connectivity index (χ0n) is 22.0. The number of phosphoric ester groups is 1. The van der Waals surface area contributed by atoms with E-state index < -0.39 is 74.8 Å². The Morgan fingerprint density at radius 3 is 2.08 bits per heavy atom. The van der Waals surface area contributed by atoms with Crippen LogP contribution >= 0.6 is 32.3 Å². The van der Waals surface area contributed by atoms with Crippen LogP contribution < -0.4 is 5.32 Å². The molecular formula is C22H34N3O10PS2. The van der Waals surface area contributed by atoms with Crippen LogP contribution in [0.5, 0.6) is 0 Å². The molecule has 1 spiro atoms. The number of phosphoric acid groups is 1. The van der Waals surface area contributed by atoms with Crippen LogP contribution in [0.1, 0.15) is 47.8 Å². The monoisotopic (exact) mass is 595 g/mol. The second-order valence-corrected chi connectivity index (χ2v) is 13.5. The number of esters is 2. The Morgan fingerprint density at radius 1 is 1.11 bits per heavy atom. The first-order chi connectivity index (χ1) is 17.5. The number of nitrogens with one attached hydrogen (secondary N) is 2. The lowest BCUT2D eigenvalue weighted by atomic mass is 9.98. The number of aromatic nitrogens is 2. The summed E-state index contributed by atoms with van der Waals surface area (Å²) >= 11 is 10.4. The Hall–Kier alpha value is -1.55. The van der Waals surface area contributed by atoms with E-state index in [4.69, 9.17) is 52.2 Å². The molecule has 214 valence electrons. The third kappa shape index (κ3) is 7.34. The Bertz CT molecular complexity index is 1170. The van der Waals surface area contributed by atoms with Crippen molar-refractivity contribution >= 4 is 44.2 Å². The smallest absolute Gasteiger partial charge is 0.437 e. The Labute approximate surface area is 230 Å². The molecule has 2 fully saturated rings. The quantitative estimate of drug-likeness (QED) is 0.119. The Balaban J connectivity index is 1.69. The molecule has 13 nitrogen and oxygen atoms in total. The topological polar surface area (TPSA) is 169 Å². The van der Waals surface area contributed by atoms with Gasteiger partial charge in [0.1, 0.15) is 22.4 Å². The van der Waals surface area contributed by atoms with Crippen molar-refractivity contribution in [1.82, 2.24) is 14.9 Å². The van der Waals surface area contributed by atoms with Gasteiger partial charge in [-0.15, -0.1) is 0 Å². The Morgan fingerprint density at radius 2 is 1.63 bits per heavy atom. The molecule has 2 aliphatic rings. The highest BCUT2D eigenvalue weighted by Gasteiger charge is 2.64. The third-order valence-electron chi connectivity index (χ3n) is 5.74. The second-order valence-electron chi connectivity index (χ2n) is 11.0. The van der Waals surface area contributed by atoms with Crippen LogP contribution in [0.4, 0.5) is 0 Å². The van der Waals surface area contributed by atoms with E-state index in [1.807, 2.05) is 0 Å². The van der Waals surface area contributed by atoms with E-state index in [1.54, 1.807) is 58.4 Å². The minimum absolute atomic E-state index is 0.294. The lowest BCUT2D eigenvalue weighted by molar-refractivity contribution is -0.163. The maximum atomic E-state index is 13.3. The molecule has 2 unspecified atom stereocenters. The van der Waals surface area contributed by atoms with Gasteiger partial charge in [-0.3, -0.25) is 18.7 Å². The molecule has 16 heteroatoms. The molecule has 1 aromatic rings. The van der Waals surface area contributed by atoms with E-state index in [9.17, 15) is 19.3 Å². The molecule has 2 saturated heterocycles. The molecule has 38 heavy (non-hydrogen) atoms. The molecule has 0 saturated carbocycles. The van der Waals surface area contributed by atoms with E-state index in [0.717, 1.165) is 0 Å². The van der Waals surface area contributed by atoms with Crippen molar-refractivity contribution in [3.05, 3.63) is 21.7 Å². The molecule has 2 aliphatic heterocycles. The number of ether oxygens (including phenoxy) is 3. The van der Waals surface area contributed by atoms with Crippen LogP contribution in [0.2, 0.25) is 0 Å². The molecule has 0 amide bonds. The highest BCUT2D eigenvalue weighted by molar-refractivity contribution is 7.72. The van der Waals surface area contributed by atoms with Crippen molar-refractivity contribution in [2.75, 3.05) is 26.7 Å². The van der Waals surface area contributed by atoms with Gasteiger partial charge in [-0.25, -0.2) is 13.6 Å². The van der Waals surface area contributed by atoms with E-state index in [-0.39, 0.29) is 0 Å². The number of rotatable bonds is 10. The molecule has 1 aromatic heterocycles. The van der Waals surface area contributed by atoms with E-state index in [2.05, 4.69) is 10.3 Å². The normalized spacial score (nSPS) is 25.4. The number of hydrogen-bond acceptors (Lipinski definition) is 13. The van der Waals surface area contributed by atoms with Crippen molar-refractivity contribution < 1.29 is 47.0 Å². The van der Waals surface area contributed by atoms with E-state index in [1.165, 1.54) is 0 Å². The maximum absolute atomic E-state index is 13.3. The summed E-state index contributed by atoms with van der Waals surface area (Å²) in [5, 5.41) is 14.1. The fourth-order valence-electron chi connectivity index (χ4n) is 3.38. The number of aromatic amines is 1. The summed E-state index contributed by atoms with van der Waals surface area (Å²) in [7, 11) is -4.46. The molecule has 0 aliphatic carbocycles. The van der Waals surface area contributed by atoms with Crippen LogP contribution in [0.3, 0.4) is 0 Å². The van der Waals surface area contributed by atoms with Crippen LogP contribution in [0.25, 0.3) is 0 Å². The van der Waals surface area contributed by atoms with Crippen molar-refractivity contribution in [2.24, 2.45) is 10.8 Å². The molecule has 4 atom stereocenters. The number of carbonyl (C=O) groups excluding carboxylic acids is 2. The van der Waals surface area contributed by atoms with E-state index >= 15 is 0 Å². The lowest BCUT2D eigenvalue weighted by Gasteiger charge is -2.23. The van der Waals surface area contributed by atoms with Gasteiger partial charge in [0.05, 0.1) is 17.4 Å². The van der Waals surface area contributed by atoms with Gasteiger partial charge in [-0.1, -0.05) is 12.2 Å². The fraction of sp³-hybridized carbons (Fsp3) is 0.727. The molecule has 0 bridgehead atoms. The molecule has 3 heterocycles. The van der Waals surface area contributed by atoms with Gasteiger partial charge in [0.2, 0.25) is 13.6 Å². The lowest BCUT2D eigenvalue weighted by Crippen LogP contribution is -2.39. The summed E-state index contributed by atoms with van der Waals surface area (Å²) in [6.45, 7) is 8.32. The highest BCUT2D eigenvalue weighted by atomic mass is 32.1. The fourth-order valence-corrected chi connectivity index (χ4v) is 4.78. The van der Waals surface area contributed by atoms with E-state index in [0.29, 0.717) is 16.0 Å². The molecule has 3 rings (SSSR count). The summed E-state index contributed by atoms with van der Waals surface area (Å²) in [6, 6.07) is 1.63. The predicted octanol–water partition coefficient (Wildman–Crippen LogP) is 3.13. The first-order valence-corrected chi connectivity index (χ1v) is 14.0. The van der Waals surface area contributed by atoms with Crippen LogP contribution in [0, 0.1) is 20.2 Å². The molecule has 3 N–H and O–H groups in total. The van der Waals surface area contributed by atoms with Gasteiger partial charge < -0.3 is 29.6 Å². The summed E-state index contributed by atoms with van der Waals surface area (Å²) in [5.41, 5.74) is -2.51. The van der Waals surface area contributed by atoms with Crippen LogP contribution in [-0.4, -0.2) is 71.1 Å². The van der Waals surface area contributed by atoms with Crippen molar-refractivity contribution in [3.8, 4) is 0 Å². The molecule has 0 aromatic carbocycles.